The van der Waals surface area contributed by atoms with Crippen molar-refractivity contribution in [1.82, 2.24) is 5.32 Å². The van der Waals surface area contributed by atoms with Crippen LogP contribution in [0.3, 0.4) is 0 Å². The molecule has 0 aliphatic carbocycles. The van der Waals surface area contributed by atoms with E-state index in [1.54, 1.807) is 24.3 Å². The number of carbonyl (C=O) groups excluding carboxylic acids is 1. The van der Waals surface area contributed by atoms with Crippen molar-refractivity contribution in [3.05, 3.63) is 70.3 Å². The first-order valence-electron chi connectivity index (χ1n) is 6.33. The van der Waals surface area contributed by atoms with Crippen LogP contribution in [0.2, 0.25) is 0 Å². The molecule has 2 aromatic rings. The van der Waals surface area contributed by atoms with Gasteiger partial charge in [-0.05, 0) is 17.7 Å². The van der Waals surface area contributed by atoms with Gasteiger partial charge in [0.1, 0.15) is 5.75 Å². The van der Waals surface area contributed by atoms with Gasteiger partial charge in [0, 0.05) is 18.7 Å². The first-order chi connectivity index (χ1) is 10.1. The third-order valence-electron chi connectivity index (χ3n) is 2.75. The molecular formula is C15H14N2O4. The maximum Gasteiger partial charge on any atom is 0.269 e. The van der Waals surface area contributed by atoms with Crippen LogP contribution >= 0.6 is 0 Å². The lowest BCUT2D eigenvalue weighted by Crippen LogP contribution is -2.28. The van der Waals surface area contributed by atoms with Gasteiger partial charge in [0.15, 0.2) is 6.61 Å². The third-order valence-corrected chi connectivity index (χ3v) is 2.75. The van der Waals surface area contributed by atoms with E-state index in [0.717, 1.165) is 5.56 Å². The van der Waals surface area contributed by atoms with Gasteiger partial charge in [0.05, 0.1) is 4.92 Å². The zero-order valence-corrected chi connectivity index (χ0v) is 11.2. The summed E-state index contributed by atoms with van der Waals surface area (Å²) in [7, 11) is 0. The number of amides is 1. The van der Waals surface area contributed by atoms with E-state index in [1.165, 1.54) is 12.1 Å². The second-order valence-corrected chi connectivity index (χ2v) is 4.30. The number of carbonyl (C=O) groups is 1. The molecule has 6 heteroatoms. The molecule has 0 aliphatic heterocycles. The molecule has 2 aromatic carbocycles. The first-order valence-corrected chi connectivity index (χ1v) is 6.33. The molecule has 0 radical (unpaired) electrons. The SMILES string of the molecule is O=C(COc1ccccc1)NCc1ccc([N+](=O)[O-])cc1. The highest BCUT2D eigenvalue weighted by Gasteiger charge is 2.05. The molecule has 2 rings (SSSR count). The van der Waals surface area contributed by atoms with Crippen LogP contribution in [-0.2, 0) is 11.3 Å². The monoisotopic (exact) mass is 286 g/mol. The van der Waals surface area contributed by atoms with Crippen molar-refractivity contribution in [2.24, 2.45) is 0 Å². The highest BCUT2D eigenvalue weighted by molar-refractivity contribution is 5.77. The summed E-state index contributed by atoms with van der Waals surface area (Å²) in [5.41, 5.74) is 0.811. The molecule has 0 saturated carbocycles. The summed E-state index contributed by atoms with van der Waals surface area (Å²) in [5, 5.41) is 13.2. The zero-order chi connectivity index (χ0) is 15.1. The van der Waals surface area contributed by atoms with Gasteiger partial charge >= 0.3 is 0 Å². The minimum absolute atomic E-state index is 0.0255. The second kappa shape index (κ2) is 7.04. The molecule has 0 aromatic heterocycles. The van der Waals surface area contributed by atoms with E-state index in [9.17, 15) is 14.9 Å². The molecule has 1 N–H and O–H groups in total. The summed E-state index contributed by atoms with van der Waals surface area (Å²) < 4.78 is 5.31. The Bertz CT molecular complexity index is 611. The van der Waals surface area contributed by atoms with Crippen molar-refractivity contribution in [2.75, 3.05) is 6.61 Å². The predicted molar refractivity (Wildman–Crippen MR) is 76.9 cm³/mol. The highest BCUT2D eigenvalue weighted by atomic mass is 16.6. The lowest BCUT2D eigenvalue weighted by molar-refractivity contribution is -0.384. The Hall–Kier alpha value is -2.89. The molecule has 0 atom stereocenters. The number of ether oxygens (including phenoxy) is 1. The Kier molecular flexibility index (Phi) is 4.87. The summed E-state index contributed by atoms with van der Waals surface area (Å²) in [5.74, 6) is 0.375. The fourth-order valence-corrected chi connectivity index (χ4v) is 1.65. The van der Waals surface area contributed by atoms with Crippen molar-refractivity contribution >= 4 is 11.6 Å². The van der Waals surface area contributed by atoms with Crippen LogP contribution in [-0.4, -0.2) is 17.4 Å². The normalized spacial score (nSPS) is 9.90. The van der Waals surface area contributed by atoms with Crippen LogP contribution in [0.15, 0.2) is 54.6 Å². The molecule has 0 bridgehead atoms. The van der Waals surface area contributed by atoms with E-state index >= 15 is 0 Å². The number of rotatable bonds is 6. The number of hydrogen-bond donors (Lipinski definition) is 1. The fraction of sp³-hybridized carbons (Fsp3) is 0.133. The minimum Gasteiger partial charge on any atom is -0.484 e. The van der Waals surface area contributed by atoms with E-state index in [4.69, 9.17) is 4.74 Å². The number of nitro benzene ring substituents is 1. The molecule has 6 nitrogen and oxygen atoms in total. The van der Waals surface area contributed by atoms with Crippen LogP contribution in [0, 0.1) is 10.1 Å². The number of non-ortho nitro benzene ring substituents is 1. The largest absolute Gasteiger partial charge is 0.484 e. The Morgan fingerprint density at radius 1 is 1.10 bits per heavy atom. The smallest absolute Gasteiger partial charge is 0.269 e. The minimum atomic E-state index is -0.462. The molecule has 0 saturated heterocycles. The van der Waals surface area contributed by atoms with Crippen molar-refractivity contribution < 1.29 is 14.5 Å². The number of nitrogens with one attached hydrogen (secondary N) is 1. The summed E-state index contributed by atoms with van der Waals surface area (Å²) in [6.07, 6.45) is 0. The maximum atomic E-state index is 11.6. The number of benzene rings is 2. The quantitative estimate of drug-likeness (QED) is 0.652. The summed E-state index contributed by atoms with van der Waals surface area (Å²) in [6.45, 7) is 0.228. The molecule has 108 valence electrons. The lowest BCUT2D eigenvalue weighted by Gasteiger charge is -2.07. The average molecular weight is 286 g/mol. The topological polar surface area (TPSA) is 81.5 Å². The van der Waals surface area contributed by atoms with Gasteiger partial charge in [-0.25, -0.2) is 0 Å². The van der Waals surface area contributed by atoms with Crippen LogP contribution in [0.1, 0.15) is 5.56 Å². The van der Waals surface area contributed by atoms with Gasteiger partial charge in [-0.1, -0.05) is 30.3 Å². The van der Waals surface area contributed by atoms with Crippen LogP contribution in [0.25, 0.3) is 0 Å². The van der Waals surface area contributed by atoms with Gasteiger partial charge in [0.25, 0.3) is 11.6 Å². The van der Waals surface area contributed by atoms with Crippen molar-refractivity contribution in [3.8, 4) is 5.75 Å². The van der Waals surface area contributed by atoms with Crippen LogP contribution < -0.4 is 10.1 Å². The summed E-state index contributed by atoms with van der Waals surface area (Å²) in [6, 6.07) is 15.1. The highest BCUT2D eigenvalue weighted by Crippen LogP contribution is 2.11. The van der Waals surface area contributed by atoms with E-state index in [1.807, 2.05) is 18.2 Å². The van der Waals surface area contributed by atoms with Gasteiger partial charge in [-0.3, -0.25) is 14.9 Å². The molecule has 1 amide bonds. The van der Waals surface area contributed by atoms with Gasteiger partial charge in [-0.15, -0.1) is 0 Å². The Morgan fingerprint density at radius 2 is 1.76 bits per heavy atom. The molecule has 0 spiro atoms. The van der Waals surface area contributed by atoms with Gasteiger partial charge in [-0.2, -0.15) is 0 Å². The standard InChI is InChI=1S/C15H14N2O4/c18-15(11-21-14-4-2-1-3-5-14)16-10-12-6-8-13(9-7-12)17(19)20/h1-9H,10-11H2,(H,16,18). The number of hydrogen-bond acceptors (Lipinski definition) is 4. The molecule has 21 heavy (non-hydrogen) atoms. The molecule has 0 fully saturated rings. The van der Waals surface area contributed by atoms with Gasteiger partial charge < -0.3 is 10.1 Å². The number of nitro groups is 1. The van der Waals surface area contributed by atoms with Crippen LogP contribution in [0.4, 0.5) is 5.69 Å². The average Bonchev–Trinajstić information content (AvgIpc) is 2.52. The van der Waals surface area contributed by atoms with E-state index in [0.29, 0.717) is 12.3 Å². The van der Waals surface area contributed by atoms with Gasteiger partial charge in [0.2, 0.25) is 0 Å². The molecule has 0 unspecified atom stereocenters. The van der Waals surface area contributed by atoms with E-state index in [2.05, 4.69) is 5.32 Å². The first kappa shape index (κ1) is 14.5. The Morgan fingerprint density at radius 3 is 2.38 bits per heavy atom. The maximum absolute atomic E-state index is 11.6. The molecule has 0 heterocycles. The lowest BCUT2D eigenvalue weighted by atomic mass is 10.2. The molecular weight excluding hydrogens is 272 g/mol. The Labute approximate surface area is 121 Å². The van der Waals surface area contributed by atoms with Crippen molar-refractivity contribution in [3.63, 3.8) is 0 Å². The number of para-hydroxylation sites is 1. The van der Waals surface area contributed by atoms with E-state index < -0.39 is 4.92 Å². The van der Waals surface area contributed by atoms with E-state index in [-0.39, 0.29) is 18.2 Å². The summed E-state index contributed by atoms with van der Waals surface area (Å²) >= 11 is 0. The summed E-state index contributed by atoms with van der Waals surface area (Å²) in [4.78, 5) is 21.7. The number of nitrogens with zero attached hydrogens (tertiary/aromatic N) is 1. The van der Waals surface area contributed by atoms with Crippen molar-refractivity contribution in [2.45, 2.75) is 6.54 Å². The third kappa shape index (κ3) is 4.61. The molecule has 0 aliphatic rings. The Balaban J connectivity index is 1.77. The zero-order valence-electron chi connectivity index (χ0n) is 11.2. The van der Waals surface area contributed by atoms with Crippen molar-refractivity contribution in [1.29, 1.82) is 0 Å². The second-order valence-electron chi connectivity index (χ2n) is 4.30. The predicted octanol–water partition coefficient (Wildman–Crippen LogP) is 2.29. The fourth-order valence-electron chi connectivity index (χ4n) is 1.65. The van der Waals surface area contributed by atoms with Crippen LogP contribution in [0.5, 0.6) is 5.75 Å².